The molecule has 3 aromatic rings. The van der Waals surface area contributed by atoms with E-state index in [9.17, 15) is 9.59 Å². The van der Waals surface area contributed by atoms with Crippen molar-refractivity contribution in [2.75, 3.05) is 12.4 Å². The molecule has 0 saturated heterocycles. The molecule has 122 valence electrons. The van der Waals surface area contributed by atoms with Crippen molar-refractivity contribution in [3.05, 3.63) is 63.6 Å². The Hall–Kier alpha value is -2.67. The van der Waals surface area contributed by atoms with Crippen LogP contribution in [0.3, 0.4) is 0 Å². The third-order valence-corrected chi connectivity index (χ3v) is 3.95. The lowest BCUT2D eigenvalue weighted by molar-refractivity contribution is -0.116. The Morgan fingerprint density at radius 3 is 2.92 bits per heavy atom. The highest BCUT2D eigenvalue weighted by Crippen LogP contribution is 2.17. The smallest absolute Gasteiger partial charge is 0.261 e. The van der Waals surface area contributed by atoms with Gasteiger partial charge in [-0.2, -0.15) is 0 Å². The van der Waals surface area contributed by atoms with Crippen molar-refractivity contribution in [2.24, 2.45) is 0 Å². The number of amides is 1. The normalized spacial score (nSPS) is 10.6. The van der Waals surface area contributed by atoms with Crippen molar-refractivity contribution < 1.29 is 9.53 Å². The van der Waals surface area contributed by atoms with Gasteiger partial charge in [0, 0.05) is 16.2 Å². The molecule has 2 aromatic carbocycles. The molecule has 24 heavy (non-hydrogen) atoms. The minimum atomic E-state index is -0.318. The van der Waals surface area contributed by atoms with E-state index in [1.807, 2.05) is 6.07 Å². The van der Waals surface area contributed by atoms with E-state index in [0.29, 0.717) is 22.3 Å². The maximum atomic E-state index is 12.5. The highest BCUT2D eigenvalue weighted by atomic mass is 79.9. The predicted molar refractivity (Wildman–Crippen MR) is 95.3 cm³/mol. The monoisotopic (exact) mass is 387 g/mol. The molecule has 1 heterocycles. The summed E-state index contributed by atoms with van der Waals surface area (Å²) in [5.74, 6) is 0.323. The molecule has 1 amide bonds. The molecule has 0 aliphatic rings. The van der Waals surface area contributed by atoms with Crippen LogP contribution in [0.25, 0.3) is 10.9 Å². The average molecular weight is 388 g/mol. The number of ether oxygens (including phenoxy) is 1. The number of halogens is 1. The van der Waals surface area contributed by atoms with Crippen molar-refractivity contribution in [1.82, 2.24) is 9.55 Å². The number of benzene rings is 2. The maximum absolute atomic E-state index is 12.5. The fourth-order valence-corrected chi connectivity index (χ4v) is 2.66. The van der Waals surface area contributed by atoms with Gasteiger partial charge in [0.15, 0.2) is 0 Å². The summed E-state index contributed by atoms with van der Waals surface area (Å²) in [4.78, 5) is 28.9. The molecule has 0 saturated carbocycles. The van der Waals surface area contributed by atoms with Crippen LogP contribution in [0, 0.1) is 0 Å². The van der Waals surface area contributed by atoms with E-state index in [2.05, 4.69) is 26.2 Å². The van der Waals surface area contributed by atoms with Gasteiger partial charge < -0.3 is 10.1 Å². The van der Waals surface area contributed by atoms with Gasteiger partial charge in [0.25, 0.3) is 5.56 Å². The summed E-state index contributed by atoms with van der Waals surface area (Å²) in [6.07, 6.45) is 1.38. The molecule has 0 aliphatic carbocycles. The van der Waals surface area contributed by atoms with Crippen LogP contribution in [-0.4, -0.2) is 22.6 Å². The molecule has 0 bridgehead atoms. The fraction of sp³-hybridized carbons (Fsp3) is 0.118. The Labute approximate surface area is 146 Å². The van der Waals surface area contributed by atoms with E-state index >= 15 is 0 Å². The van der Waals surface area contributed by atoms with Gasteiger partial charge in [-0.3, -0.25) is 14.2 Å². The number of rotatable bonds is 4. The lowest BCUT2D eigenvalue weighted by atomic mass is 10.2. The summed E-state index contributed by atoms with van der Waals surface area (Å²) < 4.78 is 7.18. The van der Waals surface area contributed by atoms with Crippen LogP contribution in [0.2, 0.25) is 0 Å². The second-order valence-electron chi connectivity index (χ2n) is 5.12. The third-order valence-electron chi connectivity index (χ3n) is 3.45. The number of methoxy groups -OCH3 is 1. The Morgan fingerprint density at radius 2 is 2.12 bits per heavy atom. The summed E-state index contributed by atoms with van der Waals surface area (Å²) in [5, 5.41) is 3.20. The van der Waals surface area contributed by atoms with Crippen LogP contribution in [-0.2, 0) is 11.3 Å². The van der Waals surface area contributed by atoms with Crippen molar-refractivity contribution in [3.63, 3.8) is 0 Å². The minimum Gasteiger partial charge on any atom is -0.497 e. The van der Waals surface area contributed by atoms with Crippen LogP contribution in [0.5, 0.6) is 5.75 Å². The van der Waals surface area contributed by atoms with Gasteiger partial charge in [0.2, 0.25) is 5.91 Å². The van der Waals surface area contributed by atoms with Crippen molar-refractivity contribution in [2.45, 2.75) is 6.54 Å². The molecular weight excluding hydrogens is 374 g/mol. The van der Waals surface area contributed by atoms with Crippen LogP contribution in [0.4, 0.5) is 5.69 Å². The van der Waals surface area contributed by atoms with Gasteiger partial charge in [0.05, 0.1) is 24.3 Å². The molecule has 1 N–H and O–H groups in total. The zero-order chi connectivity index (χ0) is 17.1. The SMILES string of the molecule is COc1cccc(NC(=O)Cn2cnc3ccc(Br)cc3c2=O)c1. The van der Waals surface area contributed by atoms with Gasteiger partial charge in [-0.25, -0.2) is 4.98 Å². The standard InChI is InChI=1S/C17H14BrN3O3/c1-24-13-4-2-3-12(8-13)20-16(22)9-21-10-19-15-6-5-11(18)7-14(15)17(21)23/h2-8,10H,9H2,1H3,(H,20,22). The van der Waals surface area contributed by atoms with E-state index in [1.54, 1.807) is 43.5 Å². The second-order valence-corrected chi connectivity index (χ2v) is 6.03. The molecule has 7 heteroatoms. The molecule has 3 rings (SSSR count). The molecule has 0 aliphatic heterocycles. The minimum absolute atomic E-state index is 0.120. The number of carbonyl (C=O) groups is 1. The molecule has 0 radical (unpaired) electrons. The number of nitrogens with one attached hydrogen (secondary N) is 1. The summed E-state index contributed by atoms with van der Waals surface area (Å²) in [6.45, 7) is -0.120. The molecule has 1 aromatic heterocycles. The first kappa shape index (κ1) is 16.2. The van der Waals surface area contributed by atoms with Gasteiger partial charge in [0.1, 0.15) is 12.3 Å². The van der Waals surface area contributed by atoms with Crippen molar-refractivity contribution in [1.29, 1.82) is 0 Å². The number of hydrogen-bond acceptors (Lipinski definition) is 4. The lowest BCUT2D eigenvalue weighted by Crippen LogP contribution is -2.27. The number of anilines is 1. The summed E-state index contributed by atoms with van der Waals surface area (Å²) in [7, 11) is 1.55. The summed E-state index contributed by atoms with van der Waals surface area (Å²) >= 11 is 3.33. The van der Waals surface area contributed by atoms with Gasteiger partial charge in [-0.05, 0) is 30.3 Å². The van der Waals surface area contributed by atoms with E-state index in [4.69, 9.17) is 4.74 Å². The van der Waals surface area contributed by atoms with E-state index < -0.39 is 0 Å². The van der Waals surface area contributed by atoms with Crippen LogP contribution in [0.1, 0.15) is 0 Å². The highest BCUT2D eigenvalue weighted by molar-refractivity contribution is 9.10. The lowest BCUT2D eigenvalue weighted by Gasteiger charge is -2.09. The maximum Gasteiger partial charge on any atom is 0.261 e. The first-order chi connectivity index (χ1) is 11.6. The Balaban J connectivity index is 1.82. The second kappa shape index (κ2) is 6.84. The third kappa shape index (κ3) is 3.46. The molecule has 0 fully saturated rings. The van der Waals surface area contributed by atoms with Gasteiger partial charge >= 0.3 is 0 Å². The quantitative estimate of drug-likeness (QED) is 0.746. The zero-order valence-corrected chi connectivity index (χ0v) is 14.4. The van der Waals surface area contributed by atoms with Crippen molar-refractivity contribution >= 4 is 38.4 Å². The number of carbonyl (C=O) groups excluding carboxylic acids is 1. The first-order valence-electron chi connectivity index (χ1n) is 7.15. The first-order valence-corrected chi connectivity index (χ1v) is 7.95. The van der Waals surface area contributed by atoms with Crippen LogP contribution >= 0.6 is 15.9 Å². The number of fused-ring (bicyclic) bond motifs is 1. The van der Waals surface area contributed by atoms with E-state index in [-0.39, 0.29) is 18.0 Å². The largest absolute Gasteiger partial charge is 0.497 e. The van der Waals surface area contributed by atoms with Crippen LogP contribution in [0.15, 0.2) is 58.1 Å². The molecule has 0 atom stereocenters. The fourth-order valence-electron chi connectivity index (χ4n) is 2.30. The van der Waals surface area contributed by atoms with Crippen LogP contribution < -0.4 is 15.6 Å². The molecular formula is C17H14BrN3O3. The average Bonchev–Trinajstić information content (AvgIpc) is 2.58. The number of hydrogen-bond donors (Lipinski definition) is 1. The molecule has 0 unspecified atom stereocenters. The molecule has 0 spiro atoms. The van der Waals surface area contributed by atoms with Gasteiger partial charge in [-0.15, -0.1) is 0 Å². The predicted octanol–water partition coefficient (Wildman–Crippen LogP) is 2.81. The Morgan fingerprint density at radius 1 is 1.29 bits per heavy atom. The topological polar surface area (TPSA) is 73.2 Å². The summed E-state index contributed by atoms with van der Waals surface area (Å²) in [6, 6.07) is 12.3. The number of aromatic nitrogens is 2. The van der Waals surface area contributed by atoms with E-state index in [1.165, 1.54) is 10.9 Å². The highest BCUT2D eigenvalue weighted by Gasteiger charge is 2.09. The Bertz CT molecular complexity index is 969. The molecule has 6 nitrogen and oxygen atoms in total. The van der Waals surface area contributed by atoms with Gasteiger partial charge in [-0.1, -0.05) is 22.0 Å². The van der Waals surface area contributed by atoms with Crippen molar-refractivity contribution in [3.8, 4) is 5.75 Å². The zero-order valence-electron chi connectivity index (χ0n) is 12.8. The summed E-state index contributed by atoms with van der Waals surface area (Å²) in [5.41, 5.74) is 0.929. The number of nitrogens with zero attached hydrogens (tertiary/aromatic N) is 2. The van der Waals surface area contributed by atoms with E-state index in [0.717, 1.165) is 4.47 Å². The Kier molecular flexibility index (Phi) is 4.61.